The van der Waals surface area contributed by atoms with Crippen LogP contribution in [0.4, 0.5) is 0 Å². The van der Waals surface area contributed by atoms with E-state index in [0.29, 0.717) is 0 Å². The van der Waals surface area contributed by atoms with Crippen molar-refractivity contribution in [3.63, 3.8) is 0 Å². The molecule has 15 heavy (non-hydrogen) atoms. The molecule has 1 N–H and O–H groups in total. The zero-order valence-corrected chi connectivity index (χ0v) is 10.7. The average Bonchev–Trinajstić information content (AvgIpc) is 2.22. The maximum atomic E-state index is 8.96. The summed E-state index contributed by atoms with van der Waals surface area (Å²) in [6.45, 7) is 5.06. The van der Waals surface area contributed by atoms with Gasteiger partial charge in [0.15, 0.2) is 0 Å². The molecular formula is C12H18BrNO. The molecule has 1 aromatic rings. The van der Waals surface area contributed by atoms with Crippen molar-refractivity contribution in [2.24, 2.45) is 0 Å². The molecule has 0 aromatic heterocycles. The highest BCUT2D eigenvalue weighted by atomic mass is 79.9. The highest BCUT2D eigenvalue weighted by molar-refractivity contribution is 9.10. The summed E-state index contributed by atoms with van der Waals surface area (Å²) < 4.78 is 1.14. The summed E-state index contributed by atoms with van der Waals surface area (Å²) in [5.41, 5.74) is 1.28. The first-order valence-electron chi connectivity index (χ1n) is 5.34. The highest BCUT2D eigenvalue weighted by Crippen LogP contribution is 2.17. The van der Waals surface area contributed by atoms with Crippen molar-refractivity contribution in [1.29, 1.82) is 0 Å². The normalized spacial score (nSPS) is 10.9. The number of aliphatic hydroxyl groups excluding tert-OH is 1. The molecule has 0 aliphatic rings. The second kappa shape index (κ2) is 6.99. The number of benzene rings is 1. The van der Waals surface area contributed by atoms with Gasteiger partial charge in [0.25, 0.3) is 0 Å². The molecule has 0 bridgehead atoms. The van der Waals surface area contributed by atoms with Crippen LogP contribution in [0.3, 0.4) is 0 Å². The summed E-state index contributed by atoms with van der Waals surface area (Å²) in [6.07, 6.45) is 1.12. The average molecular weight is 272 g/mol. The maximum absolute atomic E-state index is 8.96. The van der Waals surface area contributed by atoms with Crippen molar-refractivity contribution in [2.45, 2.75) is 19.9 Å². The Kier molecular flexibility index (Phi) is 5.91. The number of hydrogen-bond donors (Lipinski definition) is 1. The van der Waals surface area contributed by atoms with Gasteiger partial charge in [0.2, 0.25) is 0 Å². The first-order valence-corrected chi connectivity index (χ1v) is 6.13. The number of rotatable bonds is 6. The van der Waals surface area contributed by atoms with E-state index in [9.17, 15) is 0 Å². The van der Waals surface area contributed by atoms with Gasteiger partial charge in [0.05, 0.1) is 6.61 Å². The second-order valence-electron chi connectivity index (χ2n) is 3.59. The molecule has 0 fully saturated rings. The Hall–Kier alpha value is -0.380. The third-order valence-electron chi connectivity index (χ3n) is 2.31. The van der Waals surface area contributed by atoms with E-state index in [-0.39, 0.29) is 6.61 Å². The molecule has 0 saturated carbocycles. The molecule has 0 amide bonds. The maximum Gasteiger partial charge on any atom is 0.0558 e. The Morgan fingerprint density at radius 2 is 2.00 bits per heavy atom. The van der Waals surface area contributed by atoms with E-state index in [0.717, 1.165) is 30.5 Å². The summed E-state index contributed by atoms with van der Waals surface area (Å²) in [7, 11) is 0. The monoisotopic (exact) mass is 271 g/mol. The van der Waals surface area contributed by atoms with Crippen molar-refractivity contribution in [3.8, 4) is 0 Å². The molecule has 0 spiro atoms. The molecule has 84 valence electrons. The van der Waals surface area contributed by atoms with Gasteiger partial charge >= 0.3 is 0 Å². The van der Waals surface area contributed by atoms with Crippen molar-refractivity contribution in [2.75, 3.05) is 19.7 Å². The van der Waals surface area contributed by atoms with Gasteiger partial charge in [-0.05, 0) is 24.6 Å². The van der Waals surface area contributed by atoms with Gasteiger partial charge in [-0.1, -0.05) is 41.1 Å². The van der Waals surface area contributed by atoms with Crippen LogP contribution in [0.1, 0.15) is 18.9 Å². The van der Waals surface area contributed by atoms with Crippen molar-refractivity contribution in [1.82, 2.24) is 4.90 Å². The third kappa shape index (κ3) is 4.33. The molecule has 0 aliphatic heterocycles. The summed E-state index contributed by atoms with van der Waals surface area (Å²) >= 11 is 3.54. The first kappa shape index (κ1) is 12.7. The number of halogens is 1. The SMILES string of the molecule is CCCN(CCO)Cc1ccccc1Br. The van der Waals surface area contributed by atoms with E-state index in [4.69, 9.17) is 5.11 Å². The van der Waals surface area contributed by atoms with Crippen molar-refractivity contribution < 1.29 is 5.11 Å². The Balaban J connectivity index is 2.60. The zero-order chi connectivity index (χ0) is 11.1. The predicted molar refractivity (Wildman–Crippen MR) is 66.8 cm³/mol. The van der Waals surface area contributed by atoms with Gasteiger partial charge in [-0.2, -0.15) is 0 Å². The lowest BCUT2D eigenvalue weighted by molar-refractivity contribution is 0.190. The first-order chi connectivity index (χ1) is 7.27. The van der Waals surface area contributed by atoms with Gasteiger partial charge < -0.3 is 5.11 Å². The smallest absolute Gasteiger partial charge is 0.0558 e. The molecule has 3 heteroatoms. The Labute approximate surface area is 100 Å². The van der Waals surface area contributed by atoms with E-state index in [2.05, 4.69) is 39.9 Å². The van der Waals surface area contributed by atoms with E-state index in [1.165, 1.54) is 5.56 Å². The fourth-order valence-corrected chi connectivity index (χ4v) is 2.01. The summed E-state index contributed by atoms with van der Waals surface area (Å²) in [5.74, 6) is 0. The lowest BCUT2D eigenvalue weighted by Gasteiger charge is -2.21. The Bertz CT molecular complexity index is 285. The lowest BCUT2D eigenvalue weighted by Crippen LogP contribution is -2.27. The van der Waals surface area contributed by atoms with Crippen LogP contribution in [-0.4, -0.2) is 29.7 Å². The topological polar surface area (TPSA) is 23.5 Å². The minimum Gasteiger partial charge on any atom is -0.395 e. The van der Waals surface area contributed by atoms with Gasteiger partial charge in [0, 0.05) is 17.6 Å². The standard InChI is InChI=1S/C12H18BrNO/c1-2-7-14(8-9-15)10-11-5-3-4-6-12(11)13/h3-6,15H,2,7-10H2,1H3. The molecular weight excluding hydrogens is 254 g/mol. The van der Waals surface area contributed by atoms with E-state index in [1.807, 2.05) is 12.1 Å². The van der Waals surface area contributed by atoms with Crippen LogP contribution in [0.25, 0.3) is 0 Å². The van der Waals surface area contributed by atoms with E-state index in [1.54, 1.807) is 0 Å². The molecule has 1 rings (SSSR count). The fraction of sp³-hybridized carbons (Fsp3) is 0.500. The van der Waals surface area contributed by atoms with Crippen LogP contribution >= 0.6 is 15.9 Å². The largest absolute Gasteiger partial charge is 0.395 e. The van der Waals surface area contributed by atoms with Crippen LogP contribution in [-0.2, 0) is 6.54 Å². The zero-order valence-electron chi connectivity index (χ0n) is 9.12. The lowest BCUT2D eigenvalue weighted by atomic mass is 10.2. The Morgan fingerprint density at radius 1 is 1.27 bits per heavy atom. The van der Waals surface area contributed by atoms with Gasteiger partial charge in [-0.3, -0.25) is 4.90 Å². The highest BCUT2D eigenvalue weighted by Gasteiger charge is 2.06. The van der Waals surface area contributed by atoms with Gasteiger partial charge in [0.1, 0.15) is 0 Å². The van der Waals surface area contributed by atoms with Crippen molar-refractivity contribution >= 4 is 15.9 Å². The molecule has 2 nitrogen and oxygen atoms in total. The summed E-state index contributed by atoms with van der Waals surface area (Å²) in [4.78, 5) is 2.26. The quantitative estimate of drug-likeness (QED) is 0.860. The van der Waals surface area contributed by atoms with Crippen LogP contribution in [0.5, 0.6) is 0 Å². The summed E-state index contributed by atoms with van der Waals surface area (Å²) in [6, 6.07) is 8.23. The van der Waals surface area contributed by atoms with E-state index < -0.39 is 0 Å². The van der Waals surface area contributed by atoms with E-state index >= 15 is 0 Å². The predicted octanol–water partition coefficient (Wildman–Crippen LogP) is 2.65. The van der Waals surface area contributed by atoms with Gasteiger partial charge in [-0.15, -0.1) is 0 Å². The molecule has 0 aliphatic carbocycles. The number of aliphatic hydroxyl groups is 1. The van der Waals surface area contributed by atoms with Crippen molar-refractivity contribution in [3.05, 3.63) is 34.3 Å². The molecule has 0 atom stereocenters. The number of hydrogen-bond acceptors (Lipinski definition) is 2. The molecule has 1 aromatic carbocycles. The molecule has 0 saturated heterocycles. The molecule has 0 heterocycles. The Morgan fingerprint density at radius 3 is 2.60 bits per heavy atom. The second-order valence-corrected chi connectivity index (χ2v) is 4.45. The summed E-state index contributed by atoms with van der Waals surface area (Å²) in [5, 5.41) is 8.96. The van der Waals surface area contributed by atoms with Crippen LogP contribution in [0, 0.1) is 0 Å². The minimum atomic E-state index is 0.227. The van der Waals surface area contributed by atoms with Crippen LogP contribution < -0.4 is 0 Å². The minimum absolute atomic E-state index is 0.227. The third-order valence-corrected chi connectivity index (χ3v) is 3.08. The fourth-order valence-electron chi connectivity index (χ4n) is 1.60. The van der Waals surface area contributed by atoms with Crippen LogP contribution in [0.15, 0.2) is 28.7 Å². The van der Waals surface area contributed by atoms with Crippen LogP contribution in [0.2, 0.25) is 0 Å². The molecule has 0 radical (unpaired) electrons. The molecule has 0 unspecified atom stereocenters. The van der Waals surface area contributed by atoms with Gasteiger partial charge in [-0.25, -0.2) is 0 Å². The number of nitrogens with zero attached hydrogens (tertiary/aromatic N) is 1.